The van der Waals surface area contributed by atoms with Gasteiger partial charge >= 0.3 is 0 Å². The minimum Gasteiger partial charge on any atom is -0.394 e. The predicted molar refractivity (Wildman–Crippen MR) is 257 cm³/mol. The van der Waals surface area contributed by atoms with E-state index in [1.807, 2.05) is 6.08 Å². The molecule has 0 bridgehead atoms. The van der Waals surface area contributed by atoms with Crippen molar-refractivity contribution < 1.29 is 15.0 Å². The molecule has 0 spiro atoms. The highest BCUT2D eigenvalue weighted by molar-refractivity contribution is 5.76. The van der Waals surface area contributed by atoms with Crippen LogP contribution >= 0.6 is 0 Å². The quantitative estimate of drug-likeness (QED) is 0.0424. The zero-order chi connectivity index (χ0) is 42.1. The van der Waals surface area contributed by atoms with Crippen LogP contribution in [0.1, 0.15) is 232 Å². The molecule has 3 N–H and O–H groups in total. The Morgan fingerprint density at radius 1 is 0.431 bits per heavy atom. The summed E-state index contributed by atoms with van der Waals surface area (Å²) in [6.07, 6.45) is 71.4. The van der Waals surface area contributed by atoms with Crippen molar-refractivity contribution in [3.05, 3.63) is 85.1 Å². The van der Waals surface area contributed by atoms with Crippen LogP contribution in [-0.2, 0) is 4.79 Å². The summed E-state index contributed by atoms with van der Waals surface area (Å²) in [4.78, 5) is 12.4. The number of amides is 1. The summed E-state index contributed by atoms with van der Waals surface area (Å²) in [5, 5.41) is 23.0. The van der Waals surface area contributed by atoms with E-state index in [0.717, 1.165) is 64.2 Å². The summed E-state index contributed by atoms with van der Waals surface area (Å²) in [5.41, 5.74) is 0. The van der Waals surface area contributed by atoms with Crippen molar-refractivity contribution in [3.63, 3.8) is 0 Å². The Balaban J connectivity index is 3.55. The Bertz CT molecular complexity index is 1050. The van der Waals surface area contributed by atoms with Gasteiger partial charge in [-0.25, -0.2) is 0 Å². The fourth-order valence-corrected chi connectivity index (χ4v) is 7.10. The van der Waals surface area contributed by atoms with Crippen molar-refractivity contribution in [1.82, 2.24) is 5.32 Å². The molecular weight excluding hydrogens is 711 g/mol. The number of carbonyl (C=O) groups excluding carboxylic acids is 1. The van der Waals surface area contributed by atoms with Crippen LogP contribution in [0, 0.1) is 0 Å². The Morgan fingerprint density at radius 3 is 1.21 bits per heavy atom. The molecule has 0 aromatic rings. The van der Waals surface area contributed by atoms with Gasteiger partial charge in [0.25, 0.3) is 0 Å². The summed E-state index contributed by atoms with van der Waals surface area (Å²) in [7, 11) is 0. The van der Waals surface area contributed by atoms with E-state index in [4.69, 9.17) is 0 Å². The van der Waals surface area contributed by atoms with Crippen molar-refractivity contribution in [2.45, 2.75) is 244 Å². The molecule has 0 aromatic carbocycles. The van der Waals surface area contributed by atoms with Crippen LogP contribution in [0.5, 0.6) is 0 Å². The van der Waals surface area contributed by atoms with Gasteiger partial charge in [0.1, 0.15) is 0 Å². The van der Waals surface area contributed by atoms with E-state index in [0.29, 0.717) is 6.42 Å². The van der Waals surface area contributed by atoms with E-state index in [1.54, 1.807) is 6.08 Å². The smallest absolute Gasteiger partial charge is 0.220 e. The maximum absolute atomic E-state index is 12.4. The third kappa shape index (κ3) is 44.7. The Kier molecular flexibility index (Phi) is 46.9. The molecule has 0 fully saturated rings. The number of rotatable bonds is 44. The third-order valence-corrected chi connectivity index (χ3v) is 10.9. The van der Waals surface area contributed by atoms with E-state index in [2.05, 4.69) is 92.1 Å². The number of unbranched alkanes of at least 4 members (excludes halogenated alkanes) is 25. The highest BCUT2D eigenvalue weighted by Crippen LogP contribution is 2.15. The van der Waals surface area contributed by atoms with E-state index in [1.165, 1.54) is 148 Å². The number of aliphatic hydroxyl groups excluding tert-OH is 2. The Hall–Kier alpha value is -2.43. The molecule has 0 rings (SSSR count). The van der Waals surface area contributed by atoms with Gasteiger partial charge in [-0.1, -0.05) is 234 Å². The predicted octanol–water partition coefficient (Wildman–Crippen LogP) is 16.0. The van der Waals surface area contributed by atoms with Gasteiger partial charge in [-0.2, -0.15) is 0 Å². The van der Waals surface area contributed by atoms with E-state index in [-0.39, 0.29) is 12.5 Å². The zero-order valence-corrected chi connectivity index (χ0v) is 38.3. The second kappa shape index (κ2) is 48.9. The first-order valence-electron chi connectivity index (χ1n) is 24.8. The lowest BCUT2D eigenvalue weighted by Gasteiger charge is -2.19. The summed E-state index contributed by atoms with van der Waals surface area (Å²) in [6, 6.07) is -0.642. The molecule has 2 unspecified atom stereocenters. The number of allylic oxidation sites excluding steroid dienone is 13. The number of aliphatic hydroxyl groups is 2. The summed E-state index contributed by atoms with van der Waals surface area (Å²) in [6.45, 7) is 4.18. The zero-order valence-electron chi connectivity index (χ0n) is 38.3. The Labute approximate surface area is 361 Å². The lowest BCUT2D eigenvalue weighted by atomic mass is 10.0. The molecule has 4 nitrogen and oxygen atoms in total. The normalized spacial score (nSPS) is 13.7. The highest BCUT2D eigenvalue weighted by Gasteiger charge is 2.17. The minimum atomic E-state index is -0.865. The average molecular weight is 806 g/mol. The van der Waals surface area contributed by atoms with Crippen LogP contribution in [-0.4, -0.2) is 34.9 Å². The summed E-state index contributed by atoms with van der Waals surface area (Å²) >= 11 is 0. The molecule has 0 aliphatic carbocycles. The highest BCUT2D eigenvalue weighted by atomic mass is 16.3. The average Bonchev–Trinajstić information content (AvgIpc) is 3.23. The number of hydrogen-bond donors (Lipinski definition) is 3. The molecule has 0 aliphatic heterocycles. The molecule has 0 radical (unpaired) electrons. The van der Waals surface area contributed by atoms with Crippen LogP contribution < -0.4 is 5.32 Å². The van der Waals surface area contributed by atoms with Crippen molar-refractivity contribution in [2.24, 2.45) is 0 Å². The first kappa shape index (κ1) is 55.6. The first-order valence-corrected chi connectivity index (χ1v) is 24.8. The van der Waals surface area contributed by atoms with Crippen LogP contribution in [0.3, 0.4) is 0 Å². The maximum Gasteiger partial charge on any atom is 0.220 e. The maximum atomic E-state index is 12.4. The van der Waals surface area contributed by atoms with Gasteiger partial charge in [-0.3, -0.25) is 4.79 Å². The summed E-state index contributed by atoms with van der Waals surface area (Å²) < 4.78 is 0. The second-order valence-electron chi connectivity index (χ2n) is 16.5. The molecular formula is C54H95NO3. The molecule has 58 heavy (non-hydrogen) atoms. The van der Waals surface area contributed by atoms with Crippen molar-refractivity contribution in [1.29, 1.82) is 0 Å². The molecule has 1 amide bonds. The standard InChI is InChI=1S/C54H95NO3/c1-3-5-7-9-11-13-15-17-19-20-21-22-23-24-25-26-27-28-29-30-31-32-33-34-36-38-40-42-44-46-48-50-54(58)55-52(51-56)53(57)49-47-45-43-41-39-37-35-18-16-14-12-10-8-6-4-2/h5,7,11,13,17,19,21-22,24-25,39,41,47,49,52-53,56-57H,3-4,6,8-10,12,14-16,18,20,23,26-38,40,42-46,48,50-51H2,1-2H3,(H,55,58)/b7-5-,13-11-,19-17-,22-21-,25-24-,41-39+,49-47+. The molecule has 0 saturated carbocycles. The van der Waals surface area contributed by atoms with E-state index in [9.17, 15) is 15.0 Å². The van der Waals surface area contributed by atoms with Gasteiger partial charge in [-0.05, 0) is 77.0 Å². The van der Waals surface area contributed by atoms with Gasteiger partial charge in [0.2, 0.25) is 5.91 Å². The molecule has 0 aromatic heterocycles. The topological polar surface area (TPSA) is 69.6 Å². The number of nitrogens with one attached hydrogen (secondary N) is 1. The van der Waals surface area contributed by atoms with Gasteiger partial charge in [0, 0.05) is 6.42 Å². The van der Waals surface area contributed by atoms with Gasteiger partial charge < -0.3 is 15.5 Å². The fourth-order valence-electron chi connectivity index (χ4n) is 7.10. The Morgan fingerprint density at radius 2 is 0.776 bits per heavy atom. The van der Waals surface area contributed by atoms with Crippen LogP contribution in [0.25, 0.3) is 0 Å². The minimum absolute atomic E-state index is 0.0766. The van der Waals surface area contributed by atoms with E-state index < -0.39 is 12.1 Å². The fraction of sp³-hybridized carbons (Fsp3) is 0.722. The van der Waals surface area contributed by atoms with Gasteiger partial charge in [-0.15, -0.1) is 0 Å². The molecule has 334 valence electrons. The number of carbonyl (C=O) groups is 1. The number of hydrogen-bond acceptors (Lipinski definition) is 3. The van der Waals surface area contributed by atoms with Crippen LogP contribution in [0.2, 0.25) is 0 Å². The lowest BCUT2D eigenvalue weighted by molar-refractivity contribution is -0.123. The van der Waals surface area contributed by atoms with Crippen LogP contribution in [0.15, 0.2) is 85.1 Å². The lowest BCUT2D eigenvalue weighted by Crippen LogP contribution is -2.45. The molecule has 2 atom stereocenters. The van der Waals surface area contributed by atoms with E-state index >= 15 is 0 Å². The van der Waals surface area contributed by atoms with Crippen LogP contribution in [0.4, 0.5) is 0 Å². The SMILES string of the molecule is CC/C=C\C/C=C\C/C=C\C/C=C\C/C=C\CCCCCCCCCCCCCCCCCC(=O)NC(CO)C(O)/C=C/CC/C=C/CCCCCCCCCCC. The summed E-state index contributed by atoms with van der Waals surface area (Å²) in [5.74, 6) is -0.0766. The first-order chi connectivity index (χ1) is 28.7. The largest absolute Gasteiger partial charge is 0.394 e. The second-order valence-corrected chi connectivity index (χ2v) is 16.5. The van der Waals surface area contributed by atoms with Crippen molar-refractivity contribution in [3.8, 4) is 0 Å². The van der Waals surface area contributed by atoms with Crippen molar-refractivity contribution in [2.75, 3.05) is 6.61 Å². The monoisotopic (exact) mass is 806 g/mol. The van der Waals surface area contributed by atoms with Crippen molar-refractivity contribution >= 4 is 5.91 Å². The molecule has 0 saturated heterocycles. The van der Waals surface area contributed by atoms with Gasteiger partial charge in [0.15, 0.2) is 0 Å². The van der Waals surface area contributed by atoms with Gasteiger partial charge in [0.05, 0.1) is 18.8 Å². The molecule has 0 aliphatic rings. The third-order valence-electron chi connectivity index (χ3n) is 10.9. The molecule has 0 heterocycles. The molecule has 4 heteroatoms.